The number of carbonyl (C=O) groups excluding carboxylic acids is 2. The number of methoxy groups -OCH3 is 1. The van der Waals surface area contributed by atoms with Gasteiger partial charge in [-0.2, -0.15) is 0 Å². The molecule has 0 heterocycles. The molecule has 1 saturated carbocycles. The lowest BCUT2D eigenvalue weighted by Crippen LogP contribution is -2.42. The topological polar surface area (TPSA) is 81.4 Å². The Morgan fingerprint density at radius 1 is 1.29 bits per heavy atom. The summed E-state index contributed by atoms with van der Waals surface area (Å²) >= 11 is 0. The summed E-state index contributed by atoms with van der Waals surface area (Å²) in [5, 5.41) is 2.80. The molecule has 17 heavy (non-hydrogen) atoms. The molecule has 0 aromatic carbocycles. The van der Waals surface area contributed by atoms with E-state index in [0.717, 1.165) is 25.7 Å². The Morgan fingerprint density at radius 2 is 1.94 bits per heavy atom. The van der Waals surface area contributed by atoms with Crippen molar-refractivity contribution in [3.8, 4) is 0 Å². The Balaban J connectivity index is 2.57. The van der Waals surface area contributed by atoms with Gasteiger partial charge in [-0.15, -0.1) is 0 Å². The van der Waals surface area contributed by atoms with Gasteiger partial charge in [-0.3, -0.25) is 9.59 Å². The second-order valence-corrected chi connectivity index (χ2v) is 4.79. The molecule has 0 atom stereocenters. The summed E-state index contributed by atoms with van der Waals surface area (Å²) in [7, 11) is 1.40. The molecule has 0 unspecified atom stereocenters. The first-order chi connectivity index (χ1) is 8.12. The van der Waals surface area contributed by atoms with Gasteiger partial charge in [0.05, 0.1) is 20.1 Å². The van der Waals surface area contributed by atoms with Crippen molar-refractivity contribution >= 4 is 11.9 Å². The Morgan fingerprint density at radius 3 is 2.47 bits per heavy atom. The molecular weight excluding hydrogens is 220 g/mol. The van der Waals surface area contributed by atoms with Crippen molar-refractivity contribution < 1.29 is 14.3 Å². The first kappa shape index (κ1) is 14.0. The Kier molecular flexibility index (Phi) is 5.41. The third-order valence-electron chi connectivity index (χ3n) is 3.51. The number of ether oxygens (including phenoxy) is 1. The maximum atomic E-state index is 11.4. The van der Waals surface area contributed by atoms with Gasteiger partial charge in [-0.1, -0.05) is 19.3 Å². The summed E-state index contributed by atoms with van der Waals surface area (Å²) in [6.07, 6.45) is 5.73. The summed E-state index contributed by atoms with van der Waals surface area (Å²) in [4.78, 5) is 22.6. The maximum absolute atomic E-state index is 11.4. The molecule has 5 heteroatoms. The summed E-state index contributed by atoms with van der Waals surface area (Å²) in [5.41, 5.74) is 5.13. The van der Waals surface area contributed by atoms with Gasteiger partial charge in [0.15, 0.2) is 0 Å². The van der Waals surface area contributed by atoms with Crippen LogP contribution >= 0.6 is 0 Å². The van der Waals surface area contributed by atoms with E-state index < -0.39 is 0 Å². The monoisotopic (exact) mass is 242 g/mol. The fourth-order valence-electron chi connectivity index (χ4n) is 2.45. The molecule has 1 rings (SSSR count). The lowest BCUT2D eigenvalue weighted by Gasteiger charge is -2.36. The third kappa shape index (κ3) is 4.34. The Hall–Kier alpha value is -1.10. The van der Waals surface area contributed by atoms with Gasteiger partial charge in [0, 0.05) is 6.54 Å². The fourth-order valence-corrected chi connectivity index (χ4v) is 2.45. The van der Waals surface area contributed by atoms with E-state index in [1.165, 1.54) is 13.5 Å². The molecule has 0 spiro atoms. The summed E-state index contributed by atoms with van der Waals surface area (Å²) < 4.78 is 4.73. The molecule has 0 saturated heterocycles. The van der Waals surface area contributed by atoms with E-state index in [4.69, 9.17) is 10.5 Å². The minimum atomic E-state index is -0.200. The number of nitrogens with one attached hydrogen (secondary N) is 1. The van der Waals surface area contributed by atoms with Crippen molar-refractivity contribution in [1.82, 2.24) is 5.32 Å². The smallest absolute Gasteiger partial charge is 0.306 e. The molecule has 0 aliphatic heterocycles. The van der Waals surface area contributed by atoms with E-state index in [-0.39, 0.29) is 23.8 Å². The Bertz CT molecular complexity index is 273. The van der Waals surface area contributed by atoms with Crippen LogP contribution in [-0.4, -0.2) is 32.1 Å². The lowest BCUT2D eigenvalue weighted by atomic mass is 9.71. The van der Waals surface area contributed by atoms with Crippen molar-refractivity contribution in [3.05, 3.63) is 0 Å². The van der Waals surface area contributed by atoms with Crippen LogP contribution < -0.4 is 11.1 Å². The molecule has 3 N–H and O–H groups in total. The SMILES string of the molecule is COC(=O)CC1(CNC(=O)CN)CCCCC1. The van der Waals surface area contributed by atoms with E-state index in [1.54, 1.807) is 0 Å². The predicted molar refractivity (Wildman–Crippen MR) is 64.2 cm³/mol. The van der Waals surface area contributed by atoms with E-state index in [0.29, 0.717) is 13.0 Å². The van der Waals surface area contributed by atoms with Crippen LogP contribution in [0.2, 0.25) is 0 Å². The van der Waals surface area contributed by atoms with Gasteiger partial charge in [0.1, 0.15) is 0 Å². The summed E-state index contributed by atoms with van der Waals surface area (Å²) in [6, 6.07) is 0. The van der Waals surface area contributed by atoms with E-state index >= 15 is 0 Å². The van der Waals surface area contributed by atoms with Crippen LogP contribution in [0.4, 0.5) is 0 Å². The van der Waals surface area contributed by atoms with Crippen LogP contribution in [0.15, 0.2) is 0 Å². The number of nitrogens with two attached hydrogens (primary N) is 1. The average molecular weight is 242 g/mol. The van der Waals surface area contributed by atoms with Gasteiger partial charge >= 0.3 is 5.97 Å². The highest BCUT2D eigenvalue weighted by molar-refractivity contribution is 5.78. The van der Waals surface area contributed by atoms with Crippen molar-refractivity contribution in [2.24, 2.45) is 11.1 Å². The molecule has 1 aliphatic carbocycles. The van der Waals surface area contributed by atoms with Crippen molar-refractivity contribution in [2.45, 2.75) is 38.5 Å². The molecule has 0 aromatic heterocycles. The highest BCUT2D eigenvalue weighted by Gasteiger charge is 2.34. The van der Waals surface area contributed by atoms with Crippen LogP contribution in [-0.2, 0) is 14.3 Å². The zero-order valence-corrected chi connectivity index (χ0v) is 10.5. The molecule has 1 aliphatic rings. The maximum Gasteiger partial charge on any atom is 0.306 e. The first-order valence-electron chi connectivity index (χ1n) is 6.15. The van der Waals surface area contributed by atoms with Gasteiger partial charge in [-0.25, -0.2) is 0 Å². The highest BCUT2D eigenvalue weighted by Crippen LogP contribution is 2.39. The van der Waals surface area contributed by atoms with Crippen molar-refractivity contribution in [1.29, 1.82) is 0 Å². The molecule has 0 bridgehead atoms. The van der Waals surface area contributed by atoms with E-state index in [2.05, 4.69) is 5.32 Å². The van der Waals surface area contributed by atoms with Crippen LogP contribution in [0.25, 0.3) is 0 Å². The molecule has 0 radical (unpaired) electrons. The molecule has 1 fully saturated rings. The molecule has 1 amide bonds. The number of rotatable bonds is 5. The molecule has 98 valence electrons. The lowest BCUT2D eigenvalue weighted by molar-refractivity contribution is -0.144. The number of hydrogen-bond acceptors (Lipinski definition) is 4. The van der Waals surface area contributed by atoms with Crippen LogP contribution in [0.1, 0.15) is 38.5 Å². The van der Waals surface area contributed by atoms with Crippen LogP contribution in [0, 0.1) is 5.41 Å². The van der Waals surface area contributed by atoms with Crippen molar-refractivity contribution in [2.75, 3.05) is 20.2 Å². The quantitative estimate of drug-likeness (QED) is 0.691. The molecular formula is C12H22N2O3. The van der Waals surface area contributed by atoms with Crippen LogP contribution in [0.5, 0.6) is 0 Å². The van der Waals surface area contributed by atoms with E-state index in [9.17, 15) is 9.59 Å². The molecule has 5 nitrogen and oxygen atoms in total. The number of carbonyl (C=O) groups is 2. The van der Waals surface area contributed by atoms with E-state index in [1.807, 2.05) is 0 Å². The van der Waals surface area contributed by atoms with Gasteiger partial charge in [0.25, 0.3) is 0 Å². The number of amides is 1. The third-order valence-corrected chi connectivity index (χ3v) is 3.51. The van der Waals surface area contributed by atoms with Crippen LogP contribution in [0.3, 0.4) is 0 Å². The zero-order chi connectivity index (χ0) is 12.7. The largest absolute Gasteiger partial charge is 0.469 e. The number of hydrogen-bond donors (Lipinski definition) is 2. The molecule has 0 aromatic rings. The first-order valence-corrected chi connectivity index (χ1v) is 6.15. The van der Waals surface area contributed by atoms with Gasteiger partial charge in [0.2, 0.25) is 5.91 Å². The van der Waals surface area contributed by atoms with Gasteiger partial charge < -0.3 is 15.8 Å². The summed E-state index contributed by atoms with van der Waals surface area (Å²) in [6.45, 7) is 0.520. The second kappa shape index (κ2) is 6.59. The van der Waals surface area contributed by atoms with Gasteiger partial charge in [-0.05, 0) is 18.3 Å². The Labute approximate surface area is 102 Å². The minimum Gasteiger partial charge on any atom is -0.469 e. The zero-order valence-electron chi connectivity index (χ0n) is 10.5. The number of esters is 1. The minimum absolute atomic E-state index is 0.00565. The highest BCUT2D eigenvalue weighted by atomic mass is 16.5. The second-order valence-electron chi connectivity index (χ2n) is 4.79. The normalized spacial score (nSPS) is 18.5. The summed E-state index contributed by atoms with van der Waals surface area (Å²) in [5.74, 6) is -0.367. The van der Waals surface area contributed by atoms with Crippen molar-refractivity contribution in [3.63, 3.8) is 0 Å². The predicted octanol–water partition coefficient (Wildman–Crippen LogP) is 0.575. The average Bonchev–Trinajstić information content (AvgIpc) is 2.37. The standard InChI is InChI=1S/C12H22N2O3/c1-17-11(16)7-12(5-3-2-4-6-12)9-14-10(15)8-13/h2-9,13H2,1H3,(H,14,15). The fraction of sp³-hybridized carbons (Fsp3) is 0.833.